The van der Waals surface area contributed by atoms with E-state index in [9.17, 15) is 34.5 Å². The fraction of sp³-hybridized carbons (Fsp3) is 0.239. The second-order valence-electron chi connectivity index (χ2n) is 14.4. The zero-order valence-corrected chi connectivity index (χ0v) is 35.0. The lowest BCUT2D eigenvalue weighted by molar-refractivity contribution is -0.824. The number of hydrogen-bond donors (Lipinski definition) is 1. The van der Waals surface area contributed by atoms with Crippen LogP contribution in [0.1, 0.15) is 50.1 Å². The molecule has 7 rings (SSSR count). The minimum atomic E-state index is -6.00. The number of nitrogens with one attached hydrogen (secondary N) is 1. The monoisotopic (exact) mass is 848 g/mol. The number of para-hydroxylation sites is 2. The second-order valence-corrected chi connectivity index (χ2v) is 14.4. The zero-order chi connectivity index (χ0) is 44.5. The molecule has 2 unspecified atom stereocenters. The molecule has 2 aliphatic heterocycles. The number of rotatable bonds is 10. The number of likely N-dealkylation sites (N-methyl/N-ethyl adjacent to an activating group) is 1. The van der Waals surface area contributed by atoms with Crippen molar-refractivity contribution in [2.45, 2.75) is 33.7 Å². The van der Waals surface area contributed by atoms with E-state index in [-0.39, 0.29) is 6.04 Å². The minimum Gasteiger partial charge on any atom is -0.456 e. The van der Waals surface area contributed by atoms with E-state index in [4.69, 9.17) is 4.74 Å². The molecule has 5 nitrogen and oxygen atoms in total. The number of anilines is 2. The van der Waals surface area contributed by atoms with E-state index in [1.165, 1.54) is 44.0 Å². The van der Waals surface area contributed by atoms with Gasteiger partial charge in [-0.15, -0.1) is 0 Å². The van der Waals surface area contributed by atoms with E-state index >= 15 is 0 Å². The van der Waals surface area contributed by atoms with Gasteiger partial charge in [0, 0.05) is 95.5 Å². The van der Waals surface area contributed by atoms with Crippen LogP contribution in [0, 0.1) is 0 Å². The van der Waals surface area contributed by atoms with Gasteiger partial charge in [-0.3, -0.25) is 4.90 Å². The molecule has 0 radical (unpaired) electrons. The fourth-order valence-corrected chi connectivity index (χ4v) is 7.62. The van der Waals surface area contributed by atoms with Crippen LogP contribution in [0.4, 0.5) is 51.6 Å². The van der Waals surface area contributed by atoms with Gasteiger partial charge in [-0.25, -0.2) is 0 Å². The number of aryl methyl sites for hydroxylation is 1. The van der Waals surface area contributed by atoms with Gasteiger partial charge in [-0.05, 0) is 106 Å². The number of quaternary nitrogens is 1. The topological polar surface area (TPSA) is 24.0 Å². The van der Waals surface area contributed by atoms with Gasteiger partial charge in [-0.2, -0.15) is 4.57 Å². The van der Waals surface area contributed by atoms with E-state index in [0.29, 0.717) is 0 Å². The maximum Gasteiger partial charge on any atom is 0.673 e. The quantitative estimate of drug-likeness (QED) is 0.0844. The first-order valence-electron chi connectivity index (χ1n) is 20.2. The molecular formula is C46H50B2F8N4O. The van der Waals surface area contributed by atoms with Crippen LogP contribution >= 0.6 is 0 Å². The molecule has 61 heavy (non-hydrogen) atoms. The molecule has 3 heterocycles. The molecular weight excluding hydrogens is 798 g/mol. The molecule has 5 aromatic rings. The minimum absolute atomic E-state index is 0.189. The van der Waals surface area contributed by atoms with Gasteiger partial charge in [0.05, 0.1) is 7.05 Å². The predicted octanol–water partition coefficient (Wildman–Crippen LogP) is 11.4. The Bertz CT molecular complexity index is 2330. The number of pyridine rings is 1. The Morgan fingerprint density at radius 2 is 1.21 bits per heavy atom. The van der Waals surface area contributed by atoms with Crippen LogP contribution < -0.4 is 24.0 Å². The molecule has 15 heteroatoms. The maximum atomic E-state index is 9.75. The molecule has 0 fully saturated rings. The molecule has 322 valence electrons. The third-order valence-electron chi connectivity index (χ3n) is 10.6. The molecule has 0 saturated heterocycles. The first kappa shape index (κ1) is 46.2. The summed E-state index contributed by atoms with van der Waals surface area (Å²) in [5.74, 6) is 1.78. The summed E-state index contributed by atoms with van der Waals surface area (Å²) in [7, 11) is -7.59. The molecule has 0 bridgehead atoms. The molecule has 1 aromatic heterocycles. The van der Waals surface area contributed by atoms with Gasteiger partial charge in [0.25, 0.3) is 0 Å². The van der Waals surface area contributed by atoms with Gasteiger partial charge in [0.15, 0.2) is 0 Å². The normalized spacial score (nSPS) is 15.5. The van der Waals surface area contributed by atoms with Crippen LogP contribution in [0.2, 0.25) is 0 Å². The van der Waals surface area contributed by atoms with Crippen LogP contribution in [-0.4, -0.2) is 53.8 Å². The fourth-order valence-electron chi connectivity index (χ4n) is 7.62. The number of hydrogen-bond acceptors (Lipinski definition) is 3. The Balaban J connectivity index is 0.000000633. The number of ether oxygens (including phenoxy) is 1. The number of allylic oxidation sites excluding steroid dienone is 3. The summed E-state index contributed by atoms with van der Waals surface area (Å²) in [4.78, 5) is 6.11. The van der Waals surface area contributed by atoms with Crippen molar-refractivity contribution in [2.75, 3.05) is 43.0 Å². The zero-order valence-electron chi connectivity index (χ0n) is 35.0. The van der Waals surface area contributed by atoms with Crippen molar-refractivity contribution in [3.05, 3.63) is 149 Å². The lowest BCUT2D eigenvalue weighted by Crippen LogP contribution is -3.08. The average Bonchev–Trinajstić information content (AvgIpc) is 3.21. The van der Waals surface area contributed by atoms with Crippen molar-refractivity contribution in [3.8, 4) is 11.5 Å². The molecule has 2 aliphatic rings. The van der Waals surface area contributed by atoms with Crippen LogP contribution in [0.5, 0.6) is 11.5 Å². The number of aromatic nitrogens is 1. The Hall–Kier alpha value is -5.82. The highest BCUT2D eigenvalue weighted by Gasteiger charge is 2.27. The SMILES string of the molecule is CCN(CC)c1ccc2c(c1)Oc1cc(N(CC)CC)ccc1C2=C(/C=C/c1ccc2ccccc2[n+]1C)/C=C/C1C=Cc2ccccc2[NH+]1C.F[B-](F)(F)F.F[B-](F)(F)F. The molecule has 0 saturated carbocycles. The molecule has 0 amide bonds. The van der Waals surface area contributed by atoms with E-state index in [0.717, 1.165) is 60.1 Å². The molecule has 0 aliphatic carbocycles. The standard InChI is InChI=1S/C46H49N4O.2BF4/c1-7-49(8-2)38-27-29-40-44(31-38)51-45-32-39(50(9-3)10-4)28-30-41(45)46(40)35(21-25-36-23-19-33-15-11-13-17-42(33)47(36)5)22-26-37-24-20-34-16-12-14-18-43(34)48(37)6;2*2-1(3,4)5/h11-32,36H,7-10H2,1-6H3;;/q+1;2*-1/p+1/b25-21+;;. The van der Waals surface area contributed by atoms with Crippen molar-refractivity contribution in [1.82, 2.24) is 0 Å². The lowest BCUT2D eigenvalue weighted by atomic mass is 9.88. The molecule has 1 N–H and O–H groups in total. The smallest absolute Gasteiger partial charge is 0.456 e. The van der Waals surface area contributed by atoms with Crippen LogP contribution in [-0.2, 0) is 7.05 Å². The van der Waals surface area contributed by atoms with Crippen molar-refractivity contribution >= 4 is 60.2 Å². The van der Waals surface area contributed by atoms with E-state index in [1.807, 2.05) is 0 Å². The van der Waals surface area contributed by atoms with Crippen LogP contribution in [0.25, 0.3) is 28.6 Å². The van der Waals surface area contributed by atoms with Crippen molar-refractivity contribution < 1.29 is 48.7 Å². The van der Waals surface area contributed by atoms with E-state index in [1.54, 1.807) is 0 Å². The molecule has 2 atom stereocenters. The Morgan fingerprint density at radius 3 is 1.77 bits per heavy atom. The second kappa shape index (κ2) is 20.2. The van der Waals surface area contributed by atoms with E-state index in [2.05, 4.69) is 190 Å². The van der Waals surface area contributed by atoms with E-state index < -0.39 is 14.5 Å². The summed E-state index contributed by atoms with van der Waals surface area (Å²) in [5.41, 5.74) is 11.8. The number of fused-ring (bicyclic) bond motifs is 4. The highest BCUT2D eigenvalue weighted by Crippen LogP contribution is 2.48. The van der Waals surface area contributed by atoms with Gasteiger partial charge >= 0.3 is 14.5 Å². The number of nitrogens with zero attached hydrogens (tertiary/aromatic N) is 3. The Morgan fingerprint density at radius 1 is 0.689 bits per heavy atom. The van der Waals surface area contributed by atoms with Gasteiger partial charge in [-0.1, -0.05) is 30.3 Å². The first-order chi connectivity index (χ1) is 28.9. The molecule has 0 spiro atoms. The summed E-state index contributed by atoms with van der Waals surface area (Å²) in [6.07, 6.45) is 13.8. The van der Waals surface area contributed by atoms with Crippen molar-refractivity contribution in [3.63, 3.8) is 0 Å². The summed E-state index contributed by atoms with van der Waals surface area (Å²) in [6.45, 7) is 12.6. The largest absolute Gasteiger partial charge is 0.673 e. The van der Waals surface area contributed by atoms with Crippen LogP contribution in [0.3, 0.4) is 0 Å². The Kier molecular flexibility index (Phi) is 15.3. The number of benzene rings is 4. The van der Waals surface area contributed by atoms with Gasteiger partial charge in [0.2, 0.25) is 11.2 Å². The van der Waals surface area contributed by atoms with Crippen molar-refractivity contribution in [1.29, 1.82) is 0 Å². The molecule has 4 aromatic carbocycles. The highest BCUT2D eigenvalue weighted by molar-refractivity contribution is 6.50. The van der Waals surface area contributed by atoms with Gasteiger partial charge < -0.3 is 49.1 Å². The highest BCUT2D eigenvalue weighted by atomic mass is 19.5. The summed E-state index contributed by atoms with van der Waals surface area (Å²) < 4.78 is 87.1. The average molecular weight is 849 g/mol. The third kappa shape index (κ3) is 12.2. The summed E-state index contributed by atoms with van der Waals surface area (Å²) in [5, 5.41) is 1.23. The predicted molar refractivity (Wildman–Crippen MR) is 236 cm³/mol. The summed E-state index contributed by atoms with van der Waals surface area (Å²) in [6, 6.07) is 35.3. The third-order valence-corrected chi connectivity index (χ3v) is 10.6. The maximum absolute atomic E-state index is 9.75. The van der Waals surface area contributed by atoms with Crippen LogP contribution in [0.15, 0.2) is 127 Å². The summed E-state index contributed by atoms with van der Waals surface area (Å²) >= 11 is 0. The first-order valence-corrected chi connectivity index (χ1v) is 20.2. The van der Waals surface area contributed by atoms with Crippen molar-refractivity contribution in [2.24, 2.45) is 7.05 Å². The Labute approximate surface area is 352 Å². The lowest BCUT2D eigenvalue weighted by Gasteiger charge is -2.29. The number of halogens is 8. The van der Waals surface area contributed by atoms with Gasteiger partial charge in [0.1, 0.15) is 30.3 Å².